The highest BCUT2D eigenvalue weighted by Gasteiger charge is 2.28. The maximum Gasteiger partial charge on any atom is 0.246 e. The van der Waals surface area contributed by atoms with Crippen molar-refractivity contribution in [2.75, 3.05) is 19.7 Å². The molecule has 0 fully saturated rings. The van der Waals surface area contributed by atoms with E-state index in [1.165, 1.54) is 26.5 Å². The van der Waals surface area contributed by atoms with Gasteiger partial charge in [-0.1, -0.05) is 13.0 Å². The number of aryl methyl sites for hydroxylation is 1. The molecule has 2 aromatic heterocycles. The Morgan fingerprint density at radius 2 is 2.25 bits per heavy atom. The van der Waals surface area contributed by atoms with Crippen LogP contribution in [0.15, 0.2) is 28.6 Å². The molecule has 0 aliphatic heterocycles. The van der Waals surface area contributed by atoms with Crippen molar-refractivity contribution in [1.29, 1.82) is 0 Å². The third-order valence-electron chi connectivity index (χ3n) is 2.87. The zero-order valence-corrected chi connectivity index (χ0v) is 13.0. The predicted molar refractivity (Wildman–Crippen MR) is 78.0 cm³/mol. The Labute approximate surface area is 122 Å². The first kappa shape index (κ1) is 15.2. The molecular weight excluding hydrogens is 298 g/mol. The normalized spacial score (nSPS) is 12.2. The highest BCUT2D eigenvalue weighted by atomic mass is 32.2. The summed E-state index contributed by atoms with van der Waals surface area (Å²) < 4.78 is 28.0. The molecule has 0 aliphatic carbocycles. The van der Waals surface area contributed by atoms with E-state index < -0.39 is 10.0 Å². The average Bonchev–Trinajstić information content (AvgIpc) is 3.04. The van der Waals surface area contributed by atoms with Crippen LogP contribution in [0.1, 0.15) is 6.92 Å². The highest BCUT2D eigenvalue weighted by Crippen LogP contribution is 2.30. The maximum absolute atomic E-state index is 12.6. The van der Waals surface area contributed by atoms with Gasteiger partial charge in [0.15, 0.2) is 0 Å². The lowest BCUT2D eigenvalue weighted by Gasteiger charge is -2.18. The van der Waals surface area contributed by atoms with Crippen molar-refractivity contribution in [1.82, 2.24) is 14.1 Å². The number of thiophene rings is 1. The molecule has 0 unspecified atom stereocenters. The van der Waals surface area contributed by atoms with Crippen LogP contribution in [0.5, 0.6) is 0 Å². The second-order valence-electron chi connectivity index (χ2n) is 4.21. The summed E-state index contributed by atoms with van der Waals surface area (Å²) in [6.45, 7) is 1.93. The summed E-state index contributed by atoms with van der Waals surface area (Å²) in [6.07, 6.45) is 1.50. The molecule has 0 aliphatic rings. The first-order valence-electron chi connectivity index (χ1n) is 6.19. The molecule has 110 valence electrons. The van der Waals surface area contributed by atoms with Crippen molar-refractivity contribution in [2.24, 2.45) is 7.05 Å². The quantitative estimate of drug-likeness (QED) is 0.868. The first-order valence-corrected chi connectivity index (χ1v) is 8.51. The number of hydrogen-bond donors (Lipinski definition) is 1. The van der Waals surface area contributed by atoms with E-state index in [0.29, 0.717) is 12.2 Å². The minimum Gasteiger partial charge on any atom is -0.395 e. The van der Waals surface area contributed by atoms with E-state index in [1.54, 1.807) is 14.0 Å². The molecular formula is C12H17N3O3S2. The summed E-state index contributed by atoms with van der Waals surface area (Å²) >= 11 is 1.44. The monoisotopic (exact) mass is 315 g/mol. The molecule has 0 bridgehead atoms. The Bertz CT molecular complexity index is 662. The summed E-state index contributed by atoms with van der Waals surface area (Å²) in [5.74, 6) is 0. The Hall–Kier alpha value is -1.22. The average molecular weight is 315 g/mol. The molecule has 0 atom stereocenters. The molecule has 0 aromatic carbocycles. The van der Waals surface area contributed by atoms with Crippen molar-refractivity contribution in [3.63, 3.8) is 0 Å². The molecule has 6 nitrogen and oxygen atoms in total. The summed E-state index contributed by atoms with van der Waals surface area (Å²) in [6, 6.07) is 3.70. The van der Waals surface area contributed by atoms with Gasteiger partial charge in [-0.25, -0.2) is 8.42 Å². The number of aromatic nitrogens is 2. The lowest BCUT2D eigenvalue weighted by atomic mass is 10.3. The van der Waals surface area contributed by atoms with Crippen molar-refractivity contribution < 1.29 is 13.5 Å². The van der Waals surface area contributed by atoms with Crippen molar-refractivity contribution in [3.05, 3.63) is 23.7 Å². The molecule has 2 aromatic rings. The van der Waals surface area contributed by atoms with Gasteiger partial charge in [0.25, 0.3) is 0 Å². The lowest BCUT2D eigenvalue weighted by Crippen LogP contribution is -2.33. The molecule has 2 rings (SSSR count). The molecule has 1 N–H and O–H groups in total. The Kier molecular flexibility index (Phi) is 4.59. The fourth-order valence-electron chi connectivity index (χ4n) is 1.94. The van der Waals surface area contributed by atoms with Crippen LogP contribution in [0.3, 0.4) is 0 Å². The summed E-state index contributed by atoms with van der Waals surface area (Å²) in [5, 5.41) is 15.1. The second kappa shape index (κ2) is 6.04. The third kappa shape index (κ3) is 2.78. The van der Waals surface area contributed by atoms with E-state index in [9.17, 15) is 8.42 Å². The topological polar surface area (TPSA) is 75.4 Å². The lowest BCUT2D eigenvalue weighted by molar-refractivity contribution is 0.257. The maximum atomic E-state index is 12.6. The van der Waals surface area contributed by atoms with Crippen LogP contribution in [0.25, 0.3) is 10.6 Å². The molecule has 0 radical (unpaired) electrons. The van der Waals surface area contributed by atoms with Crippen molar-refractivity contribution in [2.45, 2.75) is 11.8 Å². The van der Waals surface area contributed by atoms with Gasteiger partial charge in [0, 0.05) is 26.3 Å². The first-order chi connectivity index (χ1) is 9.50. The van der Waals surface area contributed by atoms with Crippen LogP contribution in [0.4, 0.5) is 0 Å². The van der Waals surface area contributed by atoms with Gasteiger partial charge in [0.2, 0.25) is 10.0 Å². The fourth-order valence-corrected chi connectivity index (χ4v) is 4.35. The van der Waals surface area contributed by atoms with Crippen LogP contribution in [0, 0.1) is 0 Å². The van der Waals surface area contributed by atoms with E-state index in [2.05, 4.69) is 5.10 Å². The fraction of sp³-hybridized carbons (Fsp3) is 0.417. The van der Waals surface area contributed by atoms with E-state index in [1.807, 2.05) is 17.5 Å². The summed E-state index contributed by atoms with van der Waals surface area (Å²) in [5.41, 5.74) is 0.457. The van der Waals surface area contributed by atoms with Gasteiger partial charge in [-0.15, -0.1) is 11.3 Å². The standard InChI is InChI=1S/C12H17N3O3S2/c1-3-15(6-7-16)20(17,18)11-9-14(2)13-12(11)10-5-4-8-19-10/h4-5,8-9,16H,3,6-7H2,1-2H3. The summed E-state index contributed by atoms with van der Waals surface area (Å²) in [7, 11) is -1.96. The number of hydrogen-bond acceptors (Lipinski definition) is 5. The SMILES string of the molecule is CCN(CCO)S(=O)(=O)c1cn(C)nc1-c1cccs1. The highest BCUT2D eigenvalue weighted by molar-refractivity contribution is 7.89. The van der Waals surface area contributed by atoms with Crippen LogP contribution < -0.4 is 0 Å². The van der Waals surface area contributed by atoms with Crippen LogP contribution >= 0.6 is 11.3 Å². The zero-order chi connectivity index (χ0) is 14.8. The van der Waals surface area contributed by atoms with Gasteiger partial charge >= 0.3 is 0 Å². The minimum atomic E-state index is -3.65. The van der Waals surface area contributed by atoms with Crippen molar-refractivity contribution in [3.8, 4) is 10.6 Å². The van der Waals surface area contributed by atoms with Gasteiger partial charge < -0.3 is 5.11 Å². The van der Waals surface area contributed by atoms with Gasteiger partial charge in [-0.3, -0.25) is 4.68 Å². The van der Waals surface area contributed by atoms with Gasteiger partial charge in [-0.2, -0.15) is 9.40 Å². The number of aliphatic hydroxyl groups is 1. The smallest absolute Gasteiger partial charge is 0.246 e. The Morgan fingerprint density at radius 3 is 2.80 bits per heavy atom. The van der Waals surface area contributed by atoms with Crippen LogP contribution in [-0.4, -0.2) is 47.3 Å². The Morgan fingerprint density at radius 1 is 1.50 bits per heavy atom. The van der Waals surface area contributed by atoms with E-state index in [-0.39, 0.29) is 18.0 Å². The number of likely N-dealkylation sites (N-methyl/N-ethyl adjacent to an activating group) is 1. The van der Waals surface area contributed by atoms with Crippen LogP contribution in [-0.2, 0) is 17.1 Å². The summed E-state index contributed by atoms with van der Waals surface area (Å²) in [4.78, 5) is 0.988. The predicted octanol–water partition coefficient (Wildman–Crippen LogP) is 1.15. The van der Waals surface area contributed by atoms with Gasteiger partial charge in [0.05, 0.1) is 11.5 Å². The number of rotatable bonds is 6. The molecule has 0 saturated carbocycles. The molecule has 0 saturated heterocycles. The minimum absolute atomic E-state index is 0.0810. The van der Waals surface area contributed by atoms with Crippen LogP contribution in [0.2, 0.25) is 0 Å². The van der Waals surface area contributed by atoms with Crippen molar-refractivity contribution >= 4 is 21.4 Å². The molecule has 0 spiro atoms. The zero-order valence-electron chi connectivity index (χ0n) is 11.4. The number of aliphatic hydroxyl groups excluding tert-OH is 1. The van der Waals surface area contributed by atoms with Gasteiger partial charge in [-0.05, 0) is 11.4 Å². The molecule has 0 amide bonds. The van der Waals surface area contributed by atoms with E-state index >= 15 is 0 Å². The second-order valence-corrected chi connectivity index (χ2v) is 7.07. The molecule has 8 heteroatoms. The number of sulfonamides is 1. The van der Waals surface area contributed by atoms with Gasteiger partial charge in [0.1, 0.15) is 10.6 Å². The Balaban J connectivity index is 2.52. The molecule has 2 heterocycles. The largest absolute Gasteiger partial charge is 0.395 e. The molecule has 20 heavy (non-hydrogen) atoms. The van der Waals surface area contributed by atoms with E-state index in [0.717, 1.165) is 4.88 Å². The van der Waals surface area contributed by atoms with E-state index in [4.69, 9.17) is 5.11 Å². The third-order valence-corrected chi connectivity index (χ3v) is 5.72. The number of nitrogens with zero attached hydrogens (tertiary/aromatic N) is 3.